The fraction of sp³-hybridized carbons (Fsp3) is 0.286. The summed E-state index contributed by atoms with van der Waals surface area (Å²) in [7, 11) is 2.02. The summed E-state index contributed by atoms with van der Waals surface area (Å²) in [6.45, 7) is 2.85. The Morgan fingerprint density at radius 1 is 1.21 bits per heavy atom. The van der Waals surface area contributed by atoms with Crippen molar-refractivity contribution in [1.82, 2.24) is 9.97 Å². The average molecular weight is 321 g/mol. The predicted octanol–water partition coefficient (Wildman–Crippen LogP) is 3.02. The topological polar surface area (TPSA) is 55.0 Å². The number of nitrogens with zero attached hydrogens (tertiary/aromatic N) is 3. The summed E-state index contributed by atoms with van der Waals surface area (Å²) in [4.78, 5) is 10.5. The number of hydrogen-bond donors (Lipinski definition) is 1. The van der Waals surface area contributed by atoms with Crippen molar-refractivity contribution in [2.45, 2.75) is 19.9 Å². The molecule has 2 N–H and O–H groups in total. The number of nitrogens with two attached hydrogens (primary N) is 1. The molecule has 4 nitrogen and oxygen atoms in total. The molecule has 0 saturated heterocycles. The molecule has 1 aromatic carbocycles. The molecular weight excluding hydrogens is 304 g/mol. The van der Waals surface area contributed by atoms with E-state index in [1.54, 1.807) is 0 Å². The monoisotopic (exact) mass is 320 g/mol. The Bertz CT molecular complexity index is 554. The summed E-state index contributed by atoms with van der Waals surface area (Å²) in [6.07, 6.45) is 2.34. The number of nitrogen functional groups attached to an aromatic ring is 1. The lowest BCUT2D eigenvalue weighted by Gasteiger charge is -2.21. The number of rotatable bonds is 4. The molecule has 0 spiro atoms. The van der Waals surface area contributed by atoms with Crippen LogP contribution in [-0.4, -0.2) is 17.0 Å². The molecule has 0 fully saturated rings. The maximum absolute atomic E-state index is 5.90. The van der Waals surface area contributed by atoms with E-state index in [4.69, 9.17) is 5.73 Å². The Balaban J connectivity index is 2.22. The maximum atomic E-state index is 5.90. The Labute approximate surface area is 121 Å². The van der Waals surface area contributed by atoms with Crippen LogP contribution in [0.4, 0.5) is 11.6 Å². The van der Waals surface area contributed by atoms with Gasteiger partial charge < -0.3 is 10.6 Å². The lowest BCUT2D eigenvalue weighted by Crippen LogP contribution is -2.20. The normalized spacial score (nSPS) is 10.5. The smallest absolute Gasteiger partial charge is 0.137 e. The van der Waals surface area contributed by atoms with E-state index in [-0.39, 0.29) is 0 Å². The number of hydrogen-bond acceptors (Lipinski definition) is 4. The van der Waals surface area contributed by atoms with Crippen molar-refractivity contribution < 1.29 is 0 Å². The quantitative estimate of drug-likeness (QED) is 0.940. The van der Waals surface area contributed by atoms with Crippen molar-refractivity contribution in [3.05, 3.63) is 46.2 Å². The summed E-state index contributed by atoms with van der Waals surface area (Å²) in [5.74, 6) is 1.47. The highest BCUT2D eigenvalue weighted by atomic mass is 79.9. The van der Waals surface area contributed by atoms with Crippen molar-refractivity contribution in [1.29, 1.82) is 0 Å². The van der Waals surface area contributed by atoms with E-state index in [0.717, 1.165) is 28.8 Å². The van der Waals surface area contributed by atoms with Gasteiger partial charge in [-0.2, -0.15) is 0 Å². The zero-order chi connectivity index (χ0) is 13.8. The van der Waals surface area contributed by atoms with Crippen LogP contribution in [0, 0.1) is 0 Å². The van der Waals surface area contributed by atoms with Crippen molar-refractivity contribution in [2.75, 3.05) is 17.7 Å². The van der Waals surface area contributed by atoms with Gasteiger partial charge in [0.2, 0.25) is 0 Å². The molecule has 0 saturated carbocycles. The van der Waals surface area contributed by atoms with Gasteiger partial charge in [0.05, 0.1) is 0 Å². The molecular formula is C14H17BrN4. The molecule has 1 aromatic heterocycles. The van der Waals surface area contributed by atoms with Crippen LogP contribution in [0.3, 0.4) is 0 Å². The first-order chi connectivity index (χ1) is 9.11. The molecule has 0 radical (unpaired) electrons. The van der Waals surface area contributed by atoms with E-state index in [2.05, 4.69) is 49.9 Å². The van der Waals surface area contributed by atoms with Crippen LogP contribution in [0.15, 0.2) is 35.1 Å². The third-order valence-electron chi connectivity index (χ3n) is 3.00. The van der Waals surface area contributed by atoms with Gasteiger partial charge in [-0.3, -0.25) is 0 Å². The highest BCUT2D eigenvalue weighted by Gasteiger charge is 2.11. The fourth-order valence-corrected chi connectivity index (χ4v) is 2.29. The minimum Gasteiger partial charge on any atom is -0.383 e. The van der Waals surface area contributed by atoms with Crippen molar-refractivity contribution in [3.63, 3.8) is 0 Å². The molecule has 0 aliphatic carbocycles. The zero-order valence-electron chi connectivity index (χ0n) is 11.1. The minimum absolute atomic E-state index is 0.565. The molecule has 0 bridgehead atoms. The van der Waals surface area contributed by atoms with Crippen LogP contribution >= 0.6 is 15.9 Å². The maximum Gasteiger partial charge on any atom is 0.137 e. The summed E-state index contributed by atoms with van der Waals surface area (Å²) in [6, 6.07) is 8.27. The molecule has 0 atom stereocenters. The first kappa shape index (κ1) is 13.8. The lowest BCUT2D eigenvalue weighted by molar-refractivity contribution is 0.872. The Hall–Kier alpha value is -1.62. The lowest BCUT2D eigenvalue weighted by atomic mass is 10.2. The van der Waals surface area contributed by atoms with Crippen molar-refractivity contribution in [2.24, 2.45) is 0 Å². The van der Waals surface area contributed by atoms with Crippen LogP contribution in [0.5, 0.6) is 0 Å². The van der Waals surface area contributed by atoms with Crippen molar-refractivity contribution in [3.8, 4) is 0 Å². The average Bonchev–Trinajstić information content (AvgIpc) is 2.41. The zero-order valence-corrected chi connectivity index (χ0v) is 12.7. The molecule has 19 heavy (non-hydrogen) atoms. The molecule has 2 aromatic rings. The third kappa shape index (κ3) is 3.23. The van der Waals surface area contributed by atoms with Crippen LogP contribution in [-0.2, 0) is 13.0 Å². The van der Waals surface area contributed by atoms with Gasteiger partial charge >= 0.3 is 0 Å². The first-order valence-electron chi connectivity index (χ1n) is 6.16. The van der Waals surface area contributed by atoms with Crippen LogP contribution in [0.2, 0.25) is 0 Å². The molecule has 1 heterocycles. The van der Waals surface area contributed by atoms with E-state index in [1.165, 1.54) is 11.9 Å². The molecule has 0 amide bonds. The summed E-state index contributed by atoms with van der Waals surface area (Å²) in [5, 5.41) is 0. The number of anilines is 2. The van der Waals surface area contributed by atoms with Gasteiger partial charge in [-0.1, -0.05) is 35.0 Å². The Kier molecular flexibility index (Phi) is 4.37. The van der Waals surface area contributed by atoms with E-state index >= 15 is 0 Å². The van der Waals surface area contributed by atoms with Gasteiger partial charge in [-0.15, -0.1) is 0 Å². The van der Waals surface area contributed by atoms with Crippen LogP contribution < -0.4 is 10.6 Å². The van der Waals surface area contributed by atoms with E-state index in [0.29, 0.717) is 5.82 Å². The second-order valence-corrected chi connectivity index (χ2v) is 5.31. The second kappa shape index (κ2) is 6.02. The largest absolute Gasteiger partial charge is 0.383 e. The van der Waals surface area contributed by atoms with Crippen molar-refractivity contribution >= 4 is 27.6 Å². The SMILES string of the molecule is CCc1c(N)ncnc1N(C)Cc1ccc(Br)cc1. The molecule has 0 aliphatic heterocycles. The minimum atomic E-state index is 0.565. The van der Waals surface area contributed by atoms with Gasteiger partial charge in [-0.25, -0.2) is 9.97 Å². The number of benzene rings is 1. The summed E-state index contributed by atoms with van der Waals surface area (Å²) >= 11 is 3.44. The number of halogens is 1. The second-order valence-electron chi connectivity index (χ2n) is 4.40. The van der Waals surface area contributed by atoms with Crippen LogP contribution in [0.25, 0.3) is 0 Å². The molecule has 0 unspecified atom stereocenters. The summed E-state index contributed by atoms with van der Waals surface area (Å²) in [5.41, 5.74) is 8.13. The molecule has 5 heteroatoms. The van der Waals surface area contributed by atoms with Gasteiger partial charge in [0.25, 0.3) is 0 Å². The molecule has 100 valence electrons. The van der Waals surface area contributed by atoms with Gasteiger partial charge in [0.1, 0.15) is 18.0 Å². The fourth-order valence-electron chi connectivity index (χ4n) is 2.02. The highest BCUT2D eigenvalue weighted by Crippen LogP contribution is 2.22. The van der Waals surface area contributed by atoms with Gasteiger partial charge in [-0.05, 0) is 24.1 Å². The third-order valence-corrected chi connectivity index (χ3v) is 3.53. The number of aromatic nitrogens is 2. The first-order valence-corrected chi connectivity index (χ1v) is 6.96. The predicted molar refractivity (Wildman–Crippen MR) is 82.1 cm³/mol. The molecule has 2 rings (SSSR count). The van der Waals surface area contributed by atoms with Crippen LogP contribution in [0.1, 0.15) is 18.1 Å². The Morgan fingerprint density at radius 3 is 2.53 bits per heavy atom. The van der Waals surface area contributed by atoms with E-state index < -0.39 is 0 Å². The van der Waals surface area contributed by atoms with Gasteiger partial charge in [0.15, 0.2) is 0 Å². The Morgan fingerprint density at radius 2 is 1.89 bits per heavy atom. The van der Waals surface area contributed by atoms with Gasteiger partial charge in [0, 0.05) is 23.6 Å². The highest BCUT2D eigenvalue weighted by molar-refractivity contribution is 9.10. The van der Waals surface area contributed by atoms with E-state index in [1.807, 2.05) is 19.2 Å². The molecule has 0 aliphatic rings. The summed E-state index contributed by atoms with van der Waals surface area (Å²) < 4.78 is 1.08. The van der Waals surface area contributed by atoms with E-state index in [9.17, 15) is 0 Å². The standard InChI is InChI=1S/C14H17BrN4/c1-3-12-13(16)17-9-18-14(12)19(2)8-10-4-6-11(15)7-5-10/h4-7,9H,3,8H2,1-2H3,(H2,16,17,18).